The number of rotatable bonds is 4. The Bertz CT molecular complexity index is 1380. The first-order chi connectivity index (χ1) is 14.2. The Kier molecular flexibility index (Phi) is 3.87. The van der Waals surface area contributed by atoms with E-state index in [-0.39, 0.29) is 5.91 Å². The van der Waals surface area contributed by atoms with Gasteiger partial charge in [0.15, 0.2) is 11.5 Å². The van der Waals surface area contributed by atoms with E-state index in [1.165, 1.54) is 0 Å². The third-order valence-corrected chi connectivity index (χ3v) is 5.09. The van der Waals surface area contributed by atoms with Crippen LogP contribution in [0.3, 0.4) is 0 Å². The summed E-state index contributed by atoms with van der Waals surface area (Å²) >= 11 is 0. The van der Waals surface area contributed by atoms with Gasteiger partial charge >= 0.3 is 0 Å². The fourth-order valence-corrected chi connectivity index (χ4v) is 3.64. The highest BCUT2D eigenvalue weighted by atomic mass is 16.5. The molecule has 0 fully saturated rings. The zero-order valence-corrected chi connectivity index (χ0v) is 15.9. The molecule has 2 aromatic heterocycles. The van der Waals surface area contributed by atoms with Gasteiger partial charge in [-0.25, -0.2) is 0 Å². The Morgan fingerprint density at radius 3 is 2.62 bits per heavy atom. The van der Waals surface area contributed by atoms with Gasteiger partial charge in [-0.3, -0.25) is 9.89 Å². The zero-order valence-electron chi connectivity index (χ0n) is 15.9. The molecule has 5 aromatic rings. The topological polar surface area (TPSA) is 92.0 Å². The molecule has 0 radical (unpaired) electrons. The molecule has 0 saturated carbocycles. The summed E-state index contributed by atoms with van der Waals surface area (Å²) < 4.78 is 10.5. The molecule has 7 nitrogen and oxygen atoms in total. The van der Waals surface area contributed by atoms with Crippen LogP contribution in [0.4, 0.5) is 5.69 Å². The first-order valence-electron chi connectivity index (χ1n) is 9.09. The highest BCUT2D eigenvalue weighted by Gasteiger charge is 2.13. The molecule has 3 aromatic carbocycles. The van der Waals surface area contributed by atoms with Crippen LogP contribution in [0.5, 0.6) is 11.5 Å². The molecule has 0 unspecified atom stereocenters. The van der Waals surface area contributed by atoms with Crippen molar-refractivity contribution >= 4 is 44.3 Å². The number of nitrogens with one attached hydrogen (secondary N) is 3. The van der Waals surface area contributed by atoms with Crippen LogP contribution >= 0.6 is 0 Å². The number of nitrogens with zero attached hydrogens (tertiary/aromatic N) is 1. The van der Waals surface area contributed by atoms with E-state index in [9.17, 15) is 4.79 Å². The molecule has 0 spiro atoms. The van der Waals surface area contributed by atoms with Gasteiger partial charge in [0.2, 0.25) is 0 Å². The Morgan fingerprint density at radius 2 is 1.79 bits per heavy atom. The number of H-pyrrole nitrogens is 2. The zero-order chi connectivity index (χ0) is 20.0. The van der Waals surface area contributed by atoms with Crippen LogP contribution in [0.2, 0.25) is 0 Å². The molecule has 0 saturated heterocycles. The van der Waals surface area contributed by atoms with E-state index in [0.717, 1.165) is 32.7 Å². The van der Waals surface area contributed by atoms with Crippen LogP contribution in [0, 0.1) is 0 Å². The minimum absolute atomic E-state index is 0.221. The van der Waals surface area contributed by atoms with Crippen molar-refractivity contribution in [3.8, 4) is 11.5 Å². The van der Waals surface area contributed by atoms with Crippen LogP contribution in [-0.4, -0.2) is 35.3 Å². The van der Waals surface area contributed by atoms with Crippen LogP contribution < -0.4 is 14.8 Å². The van der Waals surface area contributed by atoms with Gasteiger partial charge in [-0.05, 0) is 36.4 Å². The molecule has 29 heavy (non-hydrogen) atoms. The molecule has 7 heteroatoms. The molecule has 1 amide bonds. The monoisotopic (exact) mass is 386 g/mol. The van der Waals surface area contributed by atoms with Gasteiger partial charge in [0.25, 0.3) is 5.91 Å². The quantitative estimate of drug-likeness (QED) is 0.425. The Morgan fingerprint density at radius 1 is 0.931 bits per heavy atom. The summed E-state index contributed by atoms with van der Waals surface area (Å²) in [5, 5.41) is 13.3. The van der Waals surface area contributed by atoms with Crippen molar-refractivity contribution in [3.05, 3.63) is 60.3 Å². The van der Waals surface area contributed by atoms with Crippen LogP contribution in [0.15, 0.2) is 54.7 Å². The van der Waals surface area contributed by atoms with Gasteiger partial charge in [-0.15, -0.1) is 0 Å². The minimum Gasteiger partial charge on any atom is -0.493 e. The number of carbonyl (C=O) groups excluding carboxylic acids is 1. The van der Waals surface area contributed by atoms with Gasteiger partial charge in [-0.1, -0.05) is 12.1 Å². The van der Waals surface area contributed by atoms with Crippen LogP contribution in [0.1, 0.15) is 10.4 Å². The lowest BCUT2D eigenvalue weighted by molar-refractivity contribution is 0.102. The van der Waals surface area contributed by atoms with Gasteiger partial charge in [-0.2, -0.15) is 5.10 Å². The number of fused-ring (bicyclic) bond motifs is 5. The number of hydrogen-bond acceptors (Lipinski definition) is 4. The van der Waals surface area contributed by atoms with Crippen molar-refractivity contribution in [2.24, 2.45) is 0 Å². The Hall–Kier alpha value is -4.00. The maximum absolute atomic E-state index is 12.7. The van der Waals surface area contributed by atoms with E-state index in [1.807, 2.05) is 24.3 Å². The lowest BCUT2D eigenvalue weighted by Gasteiger charge is -2.10. The standard InChI is InChI=1S/C22H18N4O3/c1-28-18-8-4-12(9-19(18)29-2)22(27)24-14-5-7-17-16(10-14)15-6-3-13-11-23-26-20(13)21(15)25-17/h3-11,25H,1-2H3,(H,23,26)(H,24,27). The number of aromatic amines is 2. The van der Waals surface area contributed by atoms with E-state index in [1.54, 1.807) is 38.6 Å². The summed E-state index contributed by atoms with van der Waals surface area (Å²) in [7, 11) is 3.10. The molecule has 3 N–H and O–H groups in total. The number of carbonyl (C=O) groups is 1. The van der Waals surface area contributed by atoms with E-state index in [2.05, 4.69) is 26.6 Å². The van der Waals surface area contributed by atoms with Crippen LogP contribution in [-0.2, 0) is 0 Å². The van der Waals surface area contributed by atoms with Crippen molar-refractivity contribution in [3.63, 3.8) is 0 Å². The van der Waals surface area contributed by atoms with E-state index < -0.39 is 0 Å². The van der Waals surface area contributed by atoms with Gasteiger partial charge < -0.3 is 19.8 Å². The van der Waals surface area contributed by atoms with E-state index in [0.29, 0.717) is 22.7 Å². The molecule has 0 aliphatic heterocycles. The molecule has 0 aliphatic rings. The van der Waals surface area contributed by atoms with Crippen molar-refractivity contribution in [2.45, 2.75) is 0 Å². The van der Waals surface area contributed by atoms with Crippen LogP contribution in [0.25, 0.3) is 32.7 Å². The second-order valence-electron chi connectivity index (χ2n) is 6.73. The van der Waals surface area contributed by atoms with Crippen molar-refractivity contribution < 1.29 is 14.3 Å². The summed E-state index contributed by atoms with van der Waals surface area (Å²) in [5.41, 5.74) is 4.16. The minimum atomic E-state index is -0.221. The van der Waals surface area contributed by atoms with Crippen molar-refractivity contribution in [2.75, 3.05) is 19.5 Å². The highest BCUT2D eigenvalue weighted by molar-refractivity contribution is 6.16. The molecule has 144 valence electrons. The summed E-state index contributed by atoms with van der Waals surface area (Å²) in [6.45, 7) is 0. The smallest absolute Gasteiger partial charge is 0.255 e. The van der Waals surface area contributed by atoms with Gasteiger partial charge in [0.05, 0.1) is 31.4 Å². The summed E-state index contributed by atoms with van der Waals surface area (Å²) in [6.07, 6.45) is 1.80. The number of amides is 1. The molecular formula is C22H18N4O3. The number of hydrogen-bond donors (Lipinski definition) is 3. The molecule has 0 aliphatic carbocycles. The third-order valence-electron chi connectivity index (χ3n) is 5.09. The van der Waals surface area contributed by atoms with E-state index in [4.69, 9.17) is 9.47 Å². The maximum Gasteiger partial charge on any atom is 0.255 e. The number of aromatic nitrogens is 3. The molecule has 5 rings (SSSR count). The summed E-state index contributed by atoms with van der Waals surface area (Å²) in [5.74, 6) is 0.867. The van der Waals surface area contributed by atoms with Gasteiger partial charge in [0.1, 0.15) is 0 Å². The van der Waals surface area contributed by atoms with E-state index >= 15 is 0 Å². The SMILES string of the molecule is COc1ccc(C(=O)Nc2ccc3[nH]c4c(ccc5cn[nH]c54)c3c2)cc1OC. The van der Waals surface area contributed by atoms with Crippen molar-refractivity contribution in [1.29, 1.82) is 0 Å². The predicted molar refractivity (Wildman–Crippen MR) is 113 cm³/mol. The Balaban J connectivity index is 1.52. The number of ether oxygens (including phenoxy) is 2. The molecule has 0 atom stereocenters. The third kappa shape index (κ3) is 2.75. The average Bonchev–Trinajstić information content (AvgIpc) is 3.37. The first-order valence-corrected chi connectivity index (χ1v) is 9.09. The fourth-order valence-electron chi connectivity index (χ4n) is 3.64. The number of benzene rings is 3. The largest absolute Gasteiger partial charge is 0.493 e. The number of anilines is 1. The predicted octanol–water partition coefficient (Wildman–Crippen LogP) is 4.47. The number of methoxy groups -OCH3 is 2. The molecule has 2 heterocycles. The fraction of sp³-hybridized carbons (Fsp3) is 0.0909. The van der Waals surface area contributed by atoms with Crippen molar-refractivity contribution in [1.82, 2.24) is 15.2 Å². The highest BCUT2D eigenvalue weighted by Crippen LogP contribution is 2.32. The normalized spacial score (nSPS) is 11.2. The maximum atomic E-state index is 12.7. The second-order valence-corrected chi connectivity index (χ2v) is 6.73. The lowest BCUT2D eigenvalue weighted by Crippen LogP contribution is -2.12. The molecular weight excluding hydrogens is 368 g/mol. The van der Waals surface area contributed by atoms with Gasteiger partial charge in [0, 0.05) is 32.9 Å². The average molecular weight is 386 g/mol. The summed E-state index contributed by atoms with van der Waals surface area (Å²) in [4.78, 5) is 16.2. The first kappa shape index (κ1) is 17.1. The second kappa shape index (κ2) is 6.56. The lowest BCUT2D eigenvalue weighted by atomic mass is 10.1. The molecule has 0 bridgehead atoms. The Labute approximate surface area is 165 Å². The summed E-state index contributed by atoms with van der Waals surface area (Å²) in [6, 6.07) is 15.0.